The first-order valence-electron chi connectivity index (χ1n) is 8.64. The van der Waals surface area contributed by atoms with E-state index in [4.69, 9.17) is 9.36 Å². The number of carbonyl (C=O) groups is 1. The van der Waals surface area contributed by atoms with Crippen LogP contribution in [0, 0.1) is 16.4 Å². The average Bonchev–Trinajstić information content (AvgIpc) is 3.33. The molecule has 1 fully saturated rings. The standard InChI is InChI=1S/C18H18FIN4O3/c1-10-6-13(20)4-5-14(10)22-17-15(19)16-12(7-21-27-16)8-24(17)18(25)23-26-9-11-2-3-11/h4-7,11,15H,2-3,8-9H2,1H3,(H,23,25). The Morgan fingerprint density at radius 2 is 2.33 bits per heavy atom. The lowest BCUT2D eigenvalue weighted by molar-refractivity contribution is 0.0455. The van der Waals surface area contributed by atoms with Crippen LogP contribution >= 0.6 is 22.6 Å². The maximum atomic E-state index is 15.1. The quantitative estimate of drug-likeness (QED) is 0.522. The molecule has 9 heteroatoms. The van der Waals surface area contributed by atoms with Crippen LogP contribution in [0.2, 0.25) is 0 Å². The maximum absolute atomic E-state index is 15.1. The molecule has 2 aromatic rings. The van der Waals surface area contributed by atoms with Crippen LogP contribution in [0.25, 0.3) is 0 Å². The zero-order valence-electron chi connectivity index (χ0n) is 14.6. The van der Waals surface area contributed by atoms with Crippen LogP contribution in [0.5, 0.6) is 0 Å². The van der Waals surface area contributed by atoms with Crippen LogP contribution < -0.4 is 5.48 Å². The summed E-state index contributed by atoms with van der Waals surface area (Å²) in [5.74, 6) is 0.531. The third-order valence-electron chi connectivity index (χ3n) is 4.55. The number of aromatic nitrogens is 1. The topological polar surface area (TPSA) is 80.0 Å². The van der Waals surface area contributed by atoms with E-state index in [2.05, 4.69) is 38.2 Å². The molecule has 2 amide bonds. The zero-order chi connectivity index (χ0) is 19.0. The molecule has 2 heterocycles. The van der Waals surface area contributed by atoms with Crippen molar-refractivity contribution in [1.29, 1.82) is 0 Å². The molecular weight excluding hydrogens is 466 g/mol. The molecular formula is C18H18FIN4O3. The number of amides is 2. The molecule has 0 bridgehead atoms. The number of hydrogen-bond donors (Lipinski definition) is 1. The molecule has 0 spiro atoms. The van der Waals surface area contributed by atoms with E-state index in [0.29, 0.717) is 23.8 Å². The number of aliphatic imine (C=N–C) groups is 1. The number of halogens is 2. The van der Waals surface area contributed by atoms with Gasteiger partial charge in [0.15, 0.2) is 11.6 Å². The molecule has 1 aromatic heterocycles. The number of alkyl halides is 1. The lowest BCUT2D eigenvalue weighted by atomic mass is 10.1. The predicted molar refractivity (Wildman–Crippen MR) is 104 cm³/mol. The SMILES string of the molecule is Cc1cc(I)ccc1N=C1C(F)c2oncc2CN1C(=O)NOCC1CC1. The van der Waals surface area contributed by atoms with E-state index in [1.807, 2.05) is 19.1 Å². The predicted octanol–water partition coefficient (Wildman–Crippen LogP) is 4.20. The Hall–Kier alpha value is -2.01. The minimum absolute atomic E-state index is 0.0453. The Labute approximate surface area is 169 Å². The number of nitrogens with zero attached hydrogens (tertiary/aromatic N) is 3. The van der Waals surface area contributed by atoms with Gasteiger partial charge in [-0.15, -0.1) is 0 Å². The highest BCUT2D eigenvalue weighted by molar-refractivity contribution is 14.1. The summed E-state index contributed by atoms with van der Waals surface area (Å²) in [6, 6.07) is 5.06. The van der Waals surface area contributed by atoms with Gasteiger partial charge >= 0.3 is 6.03 Å². The summed E-state index contributed by atoms with van der Waals surface area (Å²) in [4.78, 5) is 23.5. The summed E-state index contributed by atoms with van der Waals surface area (Å²) in [7, 11) is 0. The van der Waals surface area contributed by atoms with Crippen molar-refractivity contribution in [3.05, 3.63) is 44.9 Å². The van der Waals surface area contributed by atoms with Crippen LogP contribution in [-0.4, -0.2) is 28.5 Å². The number of fused-ring (bicyclic) bond motifs is 1. The van der Waals surface area contributed by atoms with E-state index in [0.717, 1.165) is 22.0 Å². The minimum Gasteiger partial charge on any atom is -0.357 e. The summed E-state index contributed by atoms with van der Waals surface area (Å²) >= 11 is 2.20. The number of amidine groups is 1. The molecule has 1 aromatic carbocycles. The second-order valence-corrected chi connectivity index (χ2v) is 7.97. The molecule has 1 atom stereocenters. The van der Waals surface area contributed by atoms with Gasteiger partial charge in [-0.25, -0.2) is 19.7 Å². The summed E-state index contributed by atoms with van der Waals surface area (Å²) in [5.41, 5.74) is 4.38. The van der Waals surface area contributed by atoms with Crippen molar-refractivity contribution in [2.24, 2.45) is 10.9 Å². The van der Waals surface area contributed by atoms with E-state index in [1.165, 1.54) is 11.1 Å². The number of carbonyl (C=O) groups excluding carboxylic acids is 1. The van der Waals surface area contributed by atoms with Gasteiger partial charge in [0, 0.05) is 9.13 Å². The third kappa shape index (κ3) is 3.98. The van der Waals surface area contributed by atoms with Crippen LogP contribution in [-0.2, 0) is 11.4 Å². The normalized spacial score (nSPS) is 20.6. The first-order chi connectivity index (χ1) is 13.0. The van der Waals surface area contributed by atoms with Crippen molar-refractivity contribution in [2.45, 2.75) is 32.5 Å². The van der Waals surface area contributed by atoms with E-state index in [1.54, 1.807) is 6.07 Å². The van der Waals surface area contributed by atoms with Crippen LogP contribution in [0.4, 0.5) is 14.9 Å². The number of hydroxylamine groups is 1. The lowest BCUT2D eigenvalue weighted by Gasteiger charge is -2.29. The molecule has 1 unspecified atom stereocenters. The summed E-state index contributed by atoms with van der Waals surface area (Å²) in [6.45, 7) is 2.46. The molecule has 1 aliphatic carbocycles. The van der Waals surface area contributed by atoms with Crippen LogP contribution in [0.1, 0.15) is 35.9 Å². The Kier molecular flexibility index (Phi) is 5.13. The van der Waals surface area contributed by atoms with Crippen molar-refractivity contribution >= 4 is 40.1 Å². The van der Waals surface area contributed by atoms with Gasteiger partial charge in [0.2, 0.25) is 6.17 Å². The largest absolute Gasteiger partial charge is 0.357 e. The van der Waals surface area contributed by atoms with E-state index >= 15 is 4.39 Å². The third-order valence-corrected chi connectivity index (χ3v) is 5.22. The Balaban J connectivity index is 1.63. The van der Waals surface area contributed by atoms with Crippen molar-refractivity contribution in [3.63, 3.8) is 0 Å². The summed E-state index contributed by atoms with van der Waals surface area (Å²) in [6.07, 6.45) is 1.94. The first kappa shape index (κ1) is 18.4. The number of rotatable bonds is 4. The lowest BCUT2D eigenvalue weighted by Crippen LogP contribution is -2.47. The van der Waals surface area contributed by atoms with Gasteiger partial charge in [-0.3, -0.25) is 9.74 Å². The molecule has 142 valence electrons. The van der Waals surface area contributed by atoms with Crippen LogP contribution in [0.15, 0.2) is 33.9 Å². The Morgan fingerprint density at radius 1 is 1.52 bits per heavy atom. The number of nitrogens with one attached hydrogen (secondary N) is 1. The summed E-state index contributed by atoms with van der Waals surface area (Å²) < 4.78 is 21.2. The number of hydrogen-bond acceptors (Lipinski definition) is 5. The second kappa shape index (κ2) is 7.55. The van der Waals surface area contributed by atoms with Gasteiger partial charge in [-0.2, -0.15) is 0 Å². The molecule has 1 saturated carbocycles. The molecule has 0 radical (unpaired) electrons. The molecule has 7 nitrogen and oxygen atoms in total. The number of aryl methyl sites for hydroxylation is 1. The maximum Gasteiger partial charge on any atom is 0.347 e. The van der Waals surface area contributed by atoms with Gasteiger partial charge in [-0.1, -0.05) is 5.16 Å². The van der Waals surface area contributed by atoms with Gasteiger partial charge in [0.25, 0.3) is 0 Å². The fourth-order valence-corrected chi connectivity index (χ4v) is 3.47. The van der Waals surface area contributed by atoms with E-state index in [9.17, 15) is 4.79 Å². The summed E-state index contributed by atoms with van der Waals surface area (Å²) in [5, 5.41) is 3.65. The Bertz CT molecular complexity index is 896. The minimum atomic E-state index is -1.69. The Morgan fingerprint density at radius 3 is 3.07 bits per heavy atom. The van der Waals surface area contributed by atoms with Crippen molar-refractivity contribution in [2.75, 3.05) is 6.61 Å². The van der Waals surface area contributed by atoms with Gasteiger partial charge < -0.3 is 4.52 Å². The molecule has 4 rings (SSSR count). The second-order valence-electron chi connectivity index (χ2n) is 6.73. The molecule has 2 aliphatic rings. The van der Waals surface area contributed by atoms with Crippen molar-refractivity contribution in [1.82, 2.24) is 15.5 Å². The van der Waals surface area contributed by atoms with Gasteiger partial charge in [-0.05, 0) is 72.0 Å². The smallest absolute Gasteiger partial charge is 0.347 e. The highest BCUT2D eigenvalue weighted by Gasteiger charge is 2.38. The van der Waals surface area contributed by atoms with E-state index in [-0.39, 0.29) is 18.1 Å². The van der Waals surface area contributed by atoms with Crippen molar-refractivity contribution < 1.29 is 18.5 Å². The molecule has 27 heavy (non-hydrogen) atoms. The number of urea groups is 1. The fourth-order valence-electron chi connectivity index (χ4n) is 2.82. The van der Waals surface area contributed by atoms with Crippen molar-refractivity contribution in [3.8, 4) is 0 Å². The molecule has 0 saturated heterocycles. The molecule has 1 N–H and O–H groups in total. The van der Waals surface area contributed by atoms with E-state index < -0.39 is 12.2 Å². The average molecular weight is 484 g/mol. The van der Waals surface area contributed by atoms with Gasteiger partial charge in [0.05, 0.1) is 25.0 Å². The fraction of sp³-hybridized carbons (Fsp3) is 0.389. The number of benzene rings is 1. The van der Waals surface area contributed by atoms with Gasteiger partial charge in [0.1, 0.15) is 0 Å². The zero-order valence-corrected chi connectivity index (χ0v) is 16.8. The molecule has 1 aliphatic heterocycles. The highest BCUT2D eigenvalue weighted by Crippen LogP contribution is 2.34. The van der Waals surface area contributed by atoms with Crippen LogP contribution in [0.3, 0.4) is 0 Å². The first-order valence-corrected chi connectivity index (χ1v) is 9.72. The monoisotopic (exact) mass is 484 g/mol. The highest BCUT2D eigenvalue weighted by atomic mass is 127.